The zero-order valence-corrected chi connectivity index (χ0v) is 9.42. The third kappa shape index (κ3) is 6.32. The second kappa shape index (κ2) is 7.17. The maximum atomic E-state index is 9.00. The van der Waals surface area contributed by atoms with Crippen LogP contribution in [0.25, 0.3) is 0 Å². The zero-order valence-electron chi connectivity index (χ0n) is 9.42. The second-order valence-electron chi connectivity index (χ2n) is 4.22. The first kappa shape index (κ1) is 13.8. The van der Waals surface area contributed by atoms with E-state index in [0.29, 0.717) is 13.2 Å². The Labute approximate surface area is 86.3 Å². The van der Waals surface area contributed by atoms with Gasteiger partial charge in [-0.15, -0.1) is 0 Å². The van der Waals surface area contributed by atoms with E-state index in [0.717, 1.165) is 6.54 Å². The molecule has 0 atom stereocenters. The summed E-state index contributed by atoms with van der Waals surface area (Å²) in [6.45, 7) is 7.79. The molecular weight excluding hydrogens is 182 g/mol. The first-order valence-electron chi connectivity index (χ1n) is 5.08. The molecule has 86 valence electrons. The molecule has 0 unspecified atom stereocenters. The molecule has 0 bridgehead atoms. The van der Waals surface area contributed by atoms with Gasteiger partial charge in [0.25, 0.3) is 0 Å². The molecular formula is C10H23NO3. The van der Waals surface area contributed by atoms with Gasteiger partial charge in [-0.3, -0.25) is 0 Å². The summed E-state index contributed by atoms with van der Waals surface area (Å²) >= 11 is 0. The van der Waals surface area contributed by atoms with Gasteiger partial charge in [0.1, 0.15) is 0 Å². The quantitative estimate of drug-likeness (QED) is 0.488. The predicted molar refractivity (Wildman–Crippen MR) is 56.2 cm³/mol. The van der Waals surface area contributed by atoms with Gasteiger partial charge in [0.05, 0.1) is 25.9 Å². The second-order valence-corrected chi connectivity index (χ2v) is 4.22. The van der Waals surface area contributed by atoms with Crippen molar-refractivity contribution in [1.29, 1.82) is 0 Å². The number of rotatable bonds is 8. The number of aliphatic hydroxyl groups is 2. The predicted octanol–water partition coefficient (Wildman–Crippen LogP) is -0.00810. The minimum absolute atomic E-state index is 0.0124. The normalized spacial score (nSPS) is 12.4. The molecule has 0 saturated heterocycles. The van der Waals surface area contributed by atoms with E-state index in [1.807, 2.05) is 20.8 Å². The largest absolute Gasteiger partial charge is 0.396 e. The summed E-state index contributed by atoms with van der Waals surface area (Å²) in [7, 11) is 0. The Kier molecular flexibility index (Phi) is 7.09. The fraction of sp³-hybridized carbons (Fsp3) is 1.00. The molecule has 0 aromatic carbocycles. The van der Waals surface area contributed by atoms with Gasteiger partial charge in [0.2, 0.25) is 0 Å². The van der Waals surface area contributed by atoms with Crippen LogP contribution in [0, 0.1) is 5.41 Å². The Morgan fingerprint density at radius 1 is 1.29 bits per heavy atom. The smallest absolute Gasteiger partial charge is 0.0594 e. The van der Waals surface area contributed by atoms with Gasteiger partial charge in [0.15, 0.2) is 0 Å². The molecule has 0 aliphatic rings. The maximum absolute atomic E-state index is 9.00. The molecule has 0 heterocycles. The van der Waals surface area contributed by atoms with Gasteiger partial charge < -0.3 is 20.3 Å². The minimum Gasteiger partial charge on any atom is -0.396 e. The Balaban J connectivity index is 3.43. The van der Waals surface area contributed by atoms with Crippen molar-refractivity contribution in [2.75, 3.05) is 32.9 Å². The highest BCUT2D eigenvalue weighted by atomic mass is 16.5. The van der Waals surface area contributed by atoms with Crippen molar-refractivity contribution in [3.8, 4) is 0 Å². The molecule has 0 fully saturated rings. The molecule has 0 rings (SSSR count). The van der Waals surface area contributed by atoms with E-state index in [-0.39, 0.29) is 19.3 Å². The van der Waals surface area contributed by atoms with E-state index >= 15 is 0 Å². The van der Waals surface area contributed by atoms with E-state index < -0.39 is 5.41 Å². The Morgan fingerprint density at radius 2 is 1.86 bits per heavy atom. The van der Waals surface area contributed by atoms with Crippen LogP contribution in [-0.4, -0.2) is 49.2 Å². The van der Waals surface area contributed by atoms with E-state index in [1.165, 1.54) is 0 Å². The summed E-state index contributed by atoms with van der Waals surface area (Å²) < 4.78 is 5.34. The molecule has 0 aromatic rings. The number of hydrogen-bond donors (Lipinski definition) is 3. The topological polar surface area (TPSA) is 61.7 Å². The highest BCUT2D eigenvalue weighted by molar-refractivity contribution is 4.74. The molecule has 0 spiro atoms. The first-order valence-corrected chi connectivity index (χ1v) is 5.08. The van der Waals surface area contributed by atoms with Crippen LogP contribution in [0.5, 0.6) is 0 Å². The van der Waals surface area contributed by atoms with Crippen molar-refractivity contribution >= 4 is 0 Å². The standard InChI is InChI=1S/C10H23NO3/c1-9(2)14-5-4-11-6-10(3,7-12)8-13/h9,11-13H,4-8H2,1-3H3. The molecule has 0 saturated carbocycles. The van der Waals surface area contributed by atoms with Crippen molar-refractivity contribution in [3.05, 3.63) is 0 Å². The van der Waals surface area contributed by atoms with Crippen LogP contribution < -0.4 is 5.32 Å². The zero-order chi connectivity index (χ0) is 11.0. The summed E-state index contributed by atoms with van der Waals surface area (Å²) in [5, 5.41) is 21.1. The van der Waals surface area contributed by atoms with Gasteiger partial charge in [0, 0.05) is 18.5 Å². The third-order valence-corrected chi connectivity index (χ3v) is 2.05. The van der Waals surface area contributed by atoms with Crippen LogP contribution in [-0.2, 0) is 4.74 Å². The van der Waals surface area contributed by atoms with Crippen molar-refractivity contribution in [1.82, 2.24) is 5.32 Å². The Hall–Kier alpha value is -0.160. The van der Waals surface area contributed by atoms with Crippen molar-refractivity contribution in [3.63, 3.8) is 0 Å². The first-order chi connectivity index (χ1) is 6.54. The third-order valence-electron chi connectivity index (χ3n) is 2.05. The van der Waals surface area contributed by atoms with Crippen molar-refractivity contribution < 1.29 is 14.9 Å². The number of ether oxygens (including phenoxy) is 1. The van der Waals surface area contributed by atoms with Gasteiger partial charge in [-0.2, -0.15) is 0 Å². The number of nitrogens with one attached hydrogen (secondary N) is 1. The molecule has 0 aliphatic carbocycles. The lowest BCUT2D eigenvalue weighted by atomic mass is 9.93. The number of aliphatic hydroxyl groups excluding tert-OH is 2. The van der Waals surface area contributed by atoms with Crippen molar-refractivity contribution in [2.45, 2.75) is 26.9 Å². The summed E-state index contributed by atoms with van der Waals surface area (Å²) in [6.07, 6.45) is 0.249. The molecule has 0 radical (unpaired) electrons. The molecule has 4 heteroatoms. The van der Waals surface area contributed by atoms with E-state index in [1.54, 1.807) is 0 Å². The molecule has 14 heavy (non-hydrogen) atoms. The summed E-state index contributed by atoms with van der Waals surface area (Å²) in [5.41, 5.74) is -0.433. The lowest BCUT2D eigenvalue weighted by Crippen LogP contribution is -2.39. The fourth-order valence-corrected chi connectivity index (χ4v) is 0.919. The van der Waals surface area contributed by atoms with Crippen LogP contribution in [0.4, 0.5) is 0 Å². The minimum atomic E-state index is -0.433. The summed E-state index contributed by atoms with van der Waals surface area (Å²) in [6, 6.07) is 0. The summed E-state index contributed by atoms with van der Waals surface area (Å²) in [4.78, 5) is 0. The van der Waals surface area contributed by atoms with Crippen molar-refractivity contribution in [2.24, 2.45) is 5.41 Å². The lowest BCUT2D eigenvalue weighted by Gasteiger charge is -2.24. The average molecular weight is 205 g/mol. The fourth-order valence-electron chi connectivity index (χ4n) is 0.919. The highest BCUT2D eigenvalue weighted by Gasteiger charge is 2.21. The van der Waals surface area contributed by atoms with Crippen LogP contribution in [0.2, 0.25) is 0 Å². The van der Waals surface area contributed by atoms with Gasteiger partial charge in [-0.1, -0.05) is 6.92 Å². The van der Waals surface area contributed by atoms with Crippen LogP contribution >= 0.6 is 0 Å². The van der Waals surface area contributed by atoms with Crippen LogP contribution in [0.3, 0.4) is 0 Å². The molecule has 0 amide bonds. The molecule has 0 aromatic heterocycles. The van der Waals surface area contributed by atoms with Gasteiger partial charge in [-0.25, -0.2) is 0 Å². The SMILES string of the molecule is CC(C)OCCNCC(C)(CO)CO. The highest BCUT2D eigenvalue weighted by Crippen LogP contribution is 2.11. The van der Waals surface area contributed by atoms with E-state index in [4.69, 9.17) is 14.9 Å². The van der Waals surface area contributed by atoms with E-state index in [9.17, 15) is 0 Å². The number of hydrogen-bond acceptors (Lipinski definition) is 4. The lowest BCUT2D eigenvalue weighted by molar-refractivity contribution is 0.0584. The van der Waals surface area contributed by atoms with Crippen LogP contribution in [0.1, 0.15) is 20.8 Å². The Morgan fingerprint density at radius 3 is 2.29 bits per heavy atom. The van der Waals surface area contributed by atoms with E-state index in [2.05, 4.69) is 5.32 Å². The van der Waals surface area contributed by atoms with Crippen LogP contribution in [0.15, 0.2) is 0 Å². The monoisotopic (exact) mass is 205 g/mol. The van der Waals surface area contributed by atoms with Gasteiger partial charge >= 0.3 is 0 Å². The maximum Gasteiger partial charge on any atom is 0.0594 e. The molecule has 4 nitrogen and oxygen atoms in total. The summed E-state index contributed by atoms with van der Waals surface area (Å²) in [5.74, 6) is 0. The molecule has 0 aliphatic heterocycles. The molecule has 3 N–H and O–H groups in total. The van der Waals surface area contributed by atoms with Gasteiger partial charge in [-0.05, 0) is 13.8 Å². The Bertz CT molecular complexity index is 135. The average Bonchev–Trinajstić information content (AvgIpc) is 2.16.